The van der Waals surface area contributed by atoms with Gasteiger partial charge in [0, 0.05) is 54.7 Å². The number of carbonyl (C=O) groups excluding carboxylic acids is 1. The molecule has 1 saturated heterocycles. The van der Waals surface area contributed by atoms with Crippen LogP contribution >= 0.6 is 35.1 Å². The van der Waals surface area contributed by atoms with E-state index < -0.39 is 19.9 Å². The Bertz CT molecular complexity index is 2020. The van der Waals surface area contributed by atoms with Crippen molar-refractivity contribution in [3.05, 3.63) is 83.2 Å². The molecule has 0 atom stereocenters. The van der Waals surface area contributed by atoms with Gasteiger partial charge in [0.1, 0.15) is 14.9 Å². The number of H-pyrrole nitrogens is 1. The van der Waals surface area contributed by atoms with Gasteiger partial charge in [-0.3, -0.25) is 9.52 Å². The molecule has 6 rings (SSSR count). The highest BCUT2D eigenvalue weighted by atomic mass is 35.5. The summed E-state index contributed by atoms with van der Waals surface area (Å²) in [5.74, 6) is 0.535. The van der Waals surface area contributed by atoms with Gasteiger partial charge in [-0.05, 0) is 83.9 Å². The Morgan fingerprint density at radius 1 is 0.957 bits per heavy atom. The molecule has 16 heteroatoms. The minimum absolute atomic E-state index is 0. The molecule has 1 aliphatic heterocycles. The third-order valence-corrected chi connectivity index (χ3v) is 13.8. The minimum atomic E-state index is -4.15. The number of benzene rings is 2. The first kappa shape index (κ1) is 33.8. The number of aromatic nitrogens is 1. The third-order valence-electron chi connectivity index (χ3n) is 7.52. The molecule has 0 saturated carbocycles. The number of halogens is 1. The van der Waals surface area contributed by atoms with Crippen molar-refractivity contribution >= 4 is 83.1 Å². The van der Waals surface area contributed by atoms with E-state index in [2.05, 4.69) is 14.6 Å². The number of thiophene rings is 2. The van der Waals surface area contributed by atoms with Gasteiger partial charge < -0.3 is 25.3 Å². The first-order valence-corrected chi connectivity index (χ1v) is 18.8. The number of anilines is 2. The molecule has 46 heavy (non-hydrogen) atoms. The number of sulfone groups is 1. The molecule has 1 fully saturated rings. The molecule has 4 N–H and O–H groups in total. The lowest BCUT2D eigenvalue weighted by atomic mass is 10.1. The van der Waals surface area contributed by atoms with Gasteiger partial charge in [-0.15, -0.1) is 35.1 Å². The second-order valence-electron chi connectivity index (χ2n) is 10.4. The molecule has 0 spiro atoms. The number of rotatable bonds is 11. The summed E-state index contributed by atoms with van der Waals surface area (Å²) in [5, 5.41) is 4.12. The summed E-state index contributed by atoms with van der Waals surface area (Å²) < 4.78 is 60.6. The monoisotopic (exact) mass is 721 g/mol. The summed E-state index contributed by atoms with van der Waals surface area (Å²) in [5.41, 5.74) is 9.01. The number of nitrogens with two attached hydrogens (primary N) is 1. The highest BCUT2D eigenvalue weighted by Gasteiger charge is 2.30. The maximum atomic E-state index is 13.2. The second-order valence-corrected chi connectivity index (χ2v) is 16.3. The largest absolute Gasteiger partial charge is 0.484 e. The standard InChI is InChI=1S/C30H31N5O6S4.ClH/c31-11-9-21-19-32-26-8-7-24(18-25(21)26)41-20-28(36)35-14-12-34(13-15-35)23-5-3-22(4-6-23)33-45(39,40)30-27(10-17-43-30)44(37,38)29-2-1-16-42-29;/h1-8,10,16-19,32-33H,9,11-15,20,31H2;1H. The fourth-order valence-corrected chi connectivity index (χ4v) is 10.9. The van der Waals surface area contributed by atoms with Gasteiger partial charge in [-0.1, -0.05) is 6.07 Å². The van der Waals surface area contributed by atoms with E-state index in [9.17, 15) is 21.6 Å². The van der Waals surface area contributed by atoms with Crippen LogP contribution in [0.5, 0.6) is 5.75 Å². The highest BCUT2D eigenvalue weighted by molar-refractivity contribution is 7.97. The number of nitrogens with one attached hydrogen (secondary N) is 2. The molecule has 5 aromatic rings. The van der Waals surface area contributed by atoms with Gasteiger partial charge in [-0.2, -0.15) is 0 Å². The van der Waals surface area contributed by atoms with Crippen LogP contribution in [-0.4, -0.2) is 72.0 Å². The van der Waals surface area contributed by atoms with Crippen LogP contribution in [0.25, 0.3) is 10.9 Å². The molecule has 3 aromatic heterocycles. The minimum Gasteiger partial charge on any atom is -0.484 e. The van der Waals surface area contributed by atoms with Gasteiger partial charge in [0.2, 0.25) is 9.84 Å². The number of sulfonamides is 1. The number of aromatic amines is 1. The predicted octanol–water partition coefficient (Wildman–Crippen LogP) is 4.58. The van der Waals surface area contributed by atoms with Crippen molar-refractivity contribution in [1.29, 1.82) is 0 Å². The van der Waals surface area contributed by atoms with Crippen LogP contribution in [-0.2, 0) is 31.1 Å². The first-order valence-electron chi connectivity index (χ1n) is 14.1. The maximum Gasteiger partial charge on any atom is 0.272 e. The molecule has 2 aromatic carbocycles. The molecular formula is C30H32ClN5O6S4. The van der Waals surface area contributed by atoms with Crippen LogP contribution < -0.4 is 20.1 Å². The average molecular weight is 722 g/mol. The average Bonchev–Trinajstić information content (AvgIpc) is 3.83. The quantitative estimate of drug-likeness (QED) is 0.179. The number of ether oxygens (including phenoxy) is 1. The molecule has 1 aliphatic rings. The molecule has 11 nitrogen and oxygen atoms in total. The Labute approximate surface area is 281 Å². The molecule has 1 amide bonds. The van der Waals surface area contributed by atoms with Gasteiger partial charge in [0.15, 0.2) is 10.8 Å². The fourth-order valence-electron chi connectivity index (χ4n) is 5.21. The van der Waals surface area contributed by atoms with Crippen molar-refractivity contribution in [2.45, 2.75) is 19.7 Å². The zero-order valence-electron chi connectivity index (χ0n) is 24.4. The Morgan fingerprint density at radius 2 is 1.72 bits per heavy atom. The molecule has 4 heterocycles. The van der Waals surface area contributed by atoms with Crippen LogP contribution in [0, 0.1) is 0 Å². The molecule has 0 aliphatic carbocycles. The number of nitrogens with zero attached hydrogens (tertiary/aromatic N) is 2. The van der Waals surface area contributed by atoms with Crippen LogP contribution in [0.3, 0.4) is 0 Å². The second kappa shape index (κ2) is 14.0. The van der Waals surface area contributed by atoms with Crippen LogP contribution in [0.4, 0.5) is 11.4 Å². The molecular weight excluding hydrogens is 690 g/mol. The zero-order valence-corrected chi connectivity index (χ0v) is 28.5. The van der Waals surface area contributed by atoms with Crippen LogP contribution in [0.1, 0.15) is 5.56 Å². The van der Waals surface area contributed by atoms with E-state index in [1.165, 1.54) is 17.5 Å². The van der Waals surface area contributed by atoms with E-state index in [0.717, 1.165) is 51.2 Å². The maximum absolute atomic E-state index is 13.2. The van der Waals surface area contributed by atoms with E-state index in [-0.39, 0.29) is 38.2 Å². The smallest absolute Gasteiger partial charge is 0.272 e. The molecule has 0 radical (unpaired) electrons. The number of hydrogen-bond donors (Lipinski definition) is 3. The van der Waals surface area contributed by atoms with E-state index in [1.54, 1.807) is 40.6 Å². The highest BCUT2D eigenvalue weighted by Crippen LogP contribution is 2.34. The van der Waals surface area contributed by atoms with E-state index >= 15 is 0 Å². The Hall–Kier alpha value is -3.60. The first-order chi connectivity index (χ1) is 21.7. The summed E-state index contributed by atoms with van der Waals surface area (Å²) >= 11 is 1.89. The Balaban J connectivity index is 0.00000417. The summed E-state index contributed by atoms with van der Waals surface area (Å²) in [4.78, 5) is 19.8. The summed E-state index contributed by atoms with van der Waals surface area (Å²) in [6, 6.07) is 16.9. The van der Waals surface area contributed by atoms with Gasteiger partial charge in [0.05, 0.1) is 0 Å². The fraction of sp³-hybridized carbons (Fsp3) is 0.233. The molecule has 0 unspecified atom stereocenters. The zero-order chi connectivity index (χ0) is 31.6. The number of piperazine rings is 1. The van der Waals surface area contributed by atoms with Gasteiger partial charge >= 0.3 is 0 Å². The SMILES string of the molecule is Cl.NCCc1c[nH]c2ccc(OCC(=O)N3CCN(c4ccc(NS(=O)(=O)c5sccc5S(=O)(=O)c5cccs5)cc4)CC3)cc12. The predicted molar refractivity (Wildman–Crippen MR) is 184 cm³/mol. The summed E-state index contributed by atoms with van der Waals surface area (Å²) in [6.45, 7) is 2.74. The molecule has 0 bridgehead atoms. The van der Waals surface area contributed by atoms with Crippen molar-refractivity contribution in [3.8, 4) is 5.75 Å². The third kappa shape index (κ3) is 7.04. The van der Waals surface area contributed by atoms with Gasteiger partial charge in [-0.25, -0.2) is 16.8 Å². The topological polar surface area (TPSA) is 155 Å². The Kier molecular flexibility index (Phi) is 10.3. The summed E-state index contributed by atoms with van der Waals surface area (Å²) in [7, 11) is -8.11. The molecule has 244 valence electrons. The lowest BCUT2D eigenvalue weighted by molar-refractivity contribution is -0.133. The number of hydrogen-bond acceptors (Lipinski definition) is 10. The summed E-state index contributed by atoms with van der Waals surface area (Å²) in [6.07, 6.45) is 2.70. The number of fused-ring (bicyclic) bond motifs is 1. The Morgan fingerprint density at radius 3 is 2.41 bits per heavy atom. The lowest BCUT2D eigenvalue weighted by Gasteiger charge is -2.36. The normalized spacial score (nSPS) is 13.8. The van der Waals surface area contributed by atoms with Gasteiger partial charge in [0.25, 0.3) is 15.9 Å². The van der Waals surface area contributed by atoms with E-state index in [4.69, 9.17) is 10.5 Å². The van der Waals surface area contributed by atoms with Crippen molar-refractivity contribution < 1.29 is 26.4 Å². The van der Waals surface area contributed by atoms with Crippen molar-refractivity contribution in [2.24, 2.45) is 5.73 Å². The number of carbonyl (C=O) groups is 1. The van der Waals surface area contributed by atoms with E-state index in [1.807, 2.05) is 24.4 Å². The van der Waals surface area contributed by atoms with Crippen molar-refractivity contribution in [2.75, 3.05) is 49.0 Å². The number of amides is 1. The van der Waals surface area contributed by atoms with Crippen LogP contribution in [0.15, 0.2) is 90.9 Å². The van der Waals surface area contributed by atoms with Crippen molar-refractivity contribution in [1.82, 2.24) is 9.88 Å². The van der Waals surface area contributed by atoms with Crippen LogP contribution in [0.2, 0.25) is 0 Å². The lowest BCUT2D eigenvalue weighted by Crippen LogP contribution is -2.50. The van der Waals surface area contributed by atoms with Crippen molar-refractivity contribution in [3.63, 3.8) is 0 Å². The van der Waals surface area contributed by atoms with E-state index in [0.29, 0.717) is 44.2 Å².